The summed E-state index contributed by atoms with van der Waals surface area (Å²) in [5.74, 6) is 0.0981. The van der Waals surface area contributed by atoms with Crippen molar-refractivity contribution in [3.8, 4) is 11.5 Å². The molecule has 0 radical (unpaired) electrons. The maximum absolute atomic E-state index is 13.6. The number of nitrogens with zero attached hydrogens (tertiary/aromatic N) is 1. The molecule has 0 aliphatic heterocycles. The number of benzene rings is 2. The Hall–Kier alpha value is -2.49. The number of aromatic nitrogens is 1. The number of phenols is 1. The Morgan fingerprint density at radius 2 is 1.95 bits per heavy atom. The minimum absolute atomic E-state index is 0.231. The van der Waals surface area contributed by atoms with Crippen LogP contribution in [0.4, 0.5) is 4.39 Å². The van der Waals surface area contributed by atoms with Crippen LogP contribution in [0.1, 0.15) is 12.6 Å². The van der Waals surface area contributed by atoms with E-state index in [1.165, 1.54) is 6.07 Å². The number of phenolic OH excluding ortho intramolecular Hbond substituents is 1. The molecular formula is C17H16FNO2. The first-order valence-electron chi connectivity index (χ1n) is 6.88. The van der Waals surface area contributed by atoms with Crippen LogP contribution >= 0.6 is 0 Å². The average molecular weight is 285 g/mol. The summed E-state index contributed by atoms with van der Waals surface area (Å²) in [5.41, 5.74) is 1.85. The van der Waals surface area contributed by atoms with Gasteiger partial charge in [-0.15, -0.1) is 0 Å². The molecule has 3 rings (SSSR count). The first-order chi connectivity index (χ1) is 10.2. The fourth-order valence-corrected chi connectivity index (χ4v) is 2.53. The van der Waals surface area contributed by atoms with Gasteiger partial charge in [0.2, 0.25) is 0 Å². The fraction of sp³-hybridized carbons (Fsp3) is 0.176. The molecule has 0 fully saturated rings. The van der Waals surface area contributed by atoms with E-state index < -0.39 is 0 Å². The molecule has 0 saturated carbocycles. The second-order valence-electron chi connectivity index (χ2n) is 4.81. The number of fused-ring (bicyclic) bond motifs is 1. The molecule has 0 aliphatic carbocycles. The molecule has 0 bridgehead atoms. The third-order valence-corrected chi connectivity index (χ3v) is 3.54. The quantitative estimate of drug-likeness (QED) is 0.783. The van der Waals surface area contributed by atoms with E-state index in [-0.39, 0.29) is 23.9 Å². The van der Waals surface area contributed by atoms with E-state index in [1.54, 1.807) is 24.3 Å². The first kappa shape index (κ1) is 13.5. The van der Waals surface area contributed by atoms with Crippen LogP contribution < -0.4 is 4.74 Å². The summed E-state index contributed by atoms with van der Waals surface area (Å²) < 4.78 is 21.2. The Balaban J connectivity index is 1.94. The summed E-state index contributed by atoms with van der Waals surface area (Å²) in [6.07, 6.45) is 0. The summed E-state index contributed by atoms with van der Waals surface area (Å²) in [7, 11) is 0. The van der Waals surface area contributed by atoms with Gasteiger partial charge in [0.25, 0.3) is 0 Å². The number of aromatic hydroxyl groups is 1. The predicted octanol–water partition coefficient (Wildman–Crippen LogP) is 4.08. The lowest BCUT2D eigenvalue weighted by Gasteiger charge is -2.10. The number of ether oxygens (including phenoxy) is 1. The fourth-order valence-electron chi connectivity index (χ4n) is 2.53. The lowest BCUT2D eigenvalue weighted by molar-refractivity contribution is 0.281. The number of hydrogen-bond acceptors (Lipinski definition) is 2. The van der Waals surface area contributed by atoms with Gasteiger partial charge in [-0.3, -0.25) is 0 Å². The normalized spacial score (nSPS) is 11.0. The lowest BCUT2D eigenvalue weighted by atomic mass is 10.2. The Labute approximate surface area is 122 Å². The zero-order valence-corrected chi connectivity index (χ0v) is 11.7. The van der Waals surface area contributed by atoms with Gasteiger partial charge in [0.1, 0.15) is 12.4 Å². The van der Waals surface area contributed by atoms with E-state index in [0.29, 0.717) is 0 Å². The molecule has 21 heavy (non-hydrogen) atoms. The molecule has 0 atom stereocenters. The number of hydrogen-bond donors (Lipinski definition) is 1. The topological polar surface area (TPSA) is 34.4 Å². The number of rotatable bonds is 4. The van der Waals surface area contributed by atoms with Crippen LogP contribution in [0.2, 0.25) is 0 Å². The lowest BCUT2D eigenvalue weighted by Crippen LogP contribution is -2.05. The van der Waals surface area contributed by atoms with Gasteiger partial charge in [-0.25, -0.2) is 4.39 Å². The van der Waals surface area contributed by atoms with Gasteiger partial charge in [-0.2, -0.15) is 0 Å². The van der Waals surface area contributed by atoms with E-state index in [2.05, 4.69) is 4.57 Å². The van der Waals surface area contributed by atoms with Gasteiger partial charge in [0, 0.05) is 11.9 Å². The molecule has 0 saturated heterocycles. The van der Waals surface area contributed by atoms with Crippen molar-refractivity contribution >= 4 is 10.9 Å². The molecule has 0 amide bonds. The molecule has 0 spiro atoms. The number of para-hydroxylation sites is 1. The summed E-state index contributed by atoms with van der Waals surface area (Å²) in [6, 6.07) is 13.6. The van der Waals surface area contributed by atoms with E-state index in [1.807, 2.05) is 25.1 Å². The van der Waals surface area contributed by atoms with Crippen molar-refractivity contribution in [1.29, 1.82) is 0 Å². The van der Waals surface area contributed by atoms with Gasteiger partial charge in [-0.05, 0) is 37.3 Å². The standard InChI is InChI=1S/C17H16FNO2/c1-2-19-12(10-13-15(19)7-5-8-16(13)20)11-21-17-9-4-3-6-14(17)18/h3-10,20H,2,11H2,1H3. The van der Waals surface area contributed by atoms with E-state index in [0.717, 1.165) is 23.1 Å². The molecule has 1 N–H and O–H groups in total. The van der Waals surface area contributed by atoms with Crippen molar-refractivity contribution < 1.29 is 14.2 Å². The largest absolute Gasteiger partial charge is 0.507 e. The maximum Gasteiger partial charge on any atom is 0.165 e. The van der Waals surface area contributed by atoms with Crippen LogP contribution in [0.5, 0.6) is 11.5 Å². The van der Waals surface area contributed by atoms with Crippen LogP contribution in [0, 0.1) is 5.82 Å². The van der Waals surface area contributed by atoms with Crippen molar-refractivity contribution in [2.75, 3.05) is 0 Å². The second-order valence-corrected chi connectivity index (χ2v) is 4.81. The first-order valence-corrected chi connectivity index (χ1v) is 6.88. The Kier molecular flexibility index (Phi) is 3.52. The van der Waals surface area contributed by atoms with Crippen LogP contribution in [0.3, 0.4) is 0 Å². The van der Waals surface area contributed by atoms with Crippen molar-refractivity contribution in [3.05, 3.63) is 60.0 Å². The average Bonchev–Trinajstić information content (AvgIpc) is 2.85. The zero-order chi connectivity index (χ0) is 14.8. The van der Waals surface area contributed by atoms with Crippen molar-refractivity contribution in [3.63, 3.8) is 0 Å². The molecular weight excluding hydrogens is 269 g/mol. The van der Waals surface area contributed by atoms with Crippen LogP contribution in [-0.4, -0.2) is 9.67 Å². The van der Waals surface area contributed by atoms with E-state index >= 15 is 0 Å². The number of aryl methyl sites for hydroxylation is 1. The van der Waals surface area contributed by atoms with Gasteiger partial charge in [-0.1, -0.05) is 18.2 Å². The highest BCUT2D eigenvalue weighted by molar-refractivity contribution is 5.87. The van der Waals surface area contributed by atoms with Crippen molar-refractivity contribution in [2.45, 2.75) is 20.1 Å². The molecule has 4 heteroatoms. The van der Waals surface area contributed by atoms with E-state index in [9.17, 15) is 9.50 Å². The second kappa shape index (κ2) is 5.48. The highest BCUT2D eigenvalue weighted by Crippen LogP contribution is 2.28. The summed E-state index contributed by atoms with van der Waals surface area (Å²) in [4.78, 5) is 0. The predicted molar refractivity (Wildman–Crippen MR) is 80.0 cm³/mol. The number of halogens is 1. The minimum atomic E-state index is -0.375. The highest BCUT2D eigenvalue weighted by atomic mass is 19.1. The van der Waals surface area contributed by atoms with Gasteiger partial charge >= 0.3 is 0 Å². The van der Waals surface area contributed by atoms with Crippen molar-refractivity contribution in [2.24, 2.45) is 0 Å². The molecule has 108 valence electrons. The minimum Gasteiger partial charge on any atom is -0.507 e. The Morgan fingerprint density at radius 3 is 2.71 bits per heavy atom. The molecule has 3 nitrogen and oxygen atoms in total. The molecule has 0 aliphatic rings. The molecule has 1 aromatic heterocycles. The maximum atomic E-state index is 13.6. The summed E-state index contributed by atoms with van der Waals surface area (Å²) >= 11 is 0. The molecule has 1 heterocycles. The van der Waals surface area contributed by atoms with E-state index in [4.69, 9.17) is 4.74 Å². The van der Waals surface area contributed by atoms with Gasteiger partial charge in [0.05, 0.1) is 11.2 Å². The van der Waals surface area contributed by atoms with Gasteiger partial charge in [0.15, 0.2) is 11.6 Å². The van der Waals surface area contributed by atoms with Crippen LogP contribution in [0.15, 0.2) is 48.5 Å². The third-order valence-electron chi connectivity index (χ3n) is 3.54. The third kappa shape index (κ3) is 2.44. The van der Waals surface area contributed by atoms with Crippen molar-refractivity contribution in [1.82, 2.24) is 4.57 Å². The summed E-state index contributed by atoms with van der Waals surface area (Å²) in [5, 5.41) is 10.7. The molecule has 3 aromatic rings. The SMILES string of the molecule is CCn1c(COc2ccccc2F)cc2c(O)cccc21. The molecule has 2 aromatic carbocycles. The summed E-state index contributed by atoms with van der Waals surface area (Å²) in [6.45, 7) is 3.03. The Bertz CT molecular complexity index is 780. The van der Waals surface area contributed by atoms with Crippen LogP contribution in [-0.2, 0) is 13.2 Å². The zero-order valence-electron chi connectivity index (χ0n) is 11.7. The Morgan fingerprint density at radius 1 is 1.14 bits per heavy atom. The monoisotopic (exact) mass is 285 g/mol. The highest BCUT2D eigenvalue weighted by Gasteiger charge is 2.11. The molecule has 0 unspecified atom stereocenters. The van der Waals surface area contributed by atoms with Crippen LogP contribution in [0.25, 0.3) is 10.9 Å². The smallest absolute Gasteiger partial charge is 0.165 e. The van der Waals surface area contributed by atoms with Gasteiger partial charge < -0.3 is 14.4 Å².